The summed E-state index contributed by atoms with van der Waals surface area (Å²) in [5.41, 5.74) is 0. The van der Waals surface area contributed by atoms with Gasteiger partial charge in [-0.15, -0.1) is 0 Å². The van der Waals surface area contributed by atoms with E-state index in [1.165, 1.54) is 0 Å². The van der Waals surface area contributed by atoms with Gasteiger partial charge in [0, 0.05) is 19.1 Å². The average molecular weight is 257 g/mol. The Morgan fingerprint density at radius 1 is 1.28 bits per heavy atom. The minimum absolute atomic E-state index is 0.482. The molecule has 0 aliphatic carbocycles. The first-order valence-electron chi connectivity index (χ1n) is 6.98. The second kappa shape index (κ2) is 7.10. The Hall–Kier alpha value is -0.610. The first-order chi connectivity index (χ1) is 8.40. The van der Waals surface area contributed by atoms with Crippen molar-refractivity contribution in [1.29, 1.82) is 0 Å². The molecule has 0 amide bonds. The van der Waals surface area contributed by atoms with E-state index in [4.69, 9.17) is 9.84 Å². The van der Waals surface area contributed by atoms with Gasteiger partial charge in [0.25, 0.3) is 0 Å². The van der Waals surface area contributed by atoms with Gasteiger partial charge >= 0.3 is 5.97 Å². The van der Waals surface area contributed by atoms with Crippen LogP contribution in [0.2, 0.25) is 0 Å². The van der Waals surface area contributed by atoms with Crippen molar-refractivity contribution < 1.29 is 14.6 Å². The maximum atomic E-state index is 11.0. The Kier molecular flexibility index (Phi) is 6.09. The fourth-order valence-electron chi connectivity index (χ4n) is 2.63. The van der Waals surface area contributed by atoms with Gasteiger partial charge in [0.05, 0.1) is 6.61 Å². The summed E-state index contributed by atoms with van der Waals surface area (Å²) in [6.45, 7) is 10.8. The van der Waals surface area contributed by atoms with Crippen LogP contribution in [0.15, 0.2) is 0 Å². The van der Waals surface area contributed by atoms with Crippen molar-refractivity contribution in [1.82, 2.24) is 4.90 Å². The van der Waals surface area contributed by atoms with E-state index in [0.29, 0.717) is 31.0 Å². The molecule has 0 spiro atoms. The topological polar surface area (TPSA) is 49.8 Å². The Bertz CT molecular complexity index is 256. The third-order valence-electron chi connectivity index (χ3n) is 3.38. The molecule has 18 heavy (non-hydrogen) atoms. The van der Waals surface area contributed by atoms with E-state index in [9.17, 15) is 4.79 Å². The molecule has 1 atom stereocenters. The van der Waals surface area contributed by atoms with Crippen molar-refractivity contribution in [2.75, 3.05) is 19.7 Å². The van der Waals surface area contributed by atoms with Gasteiger partial charge in [-0.1, -0.05) is 27.7 Å². The highest BCUT2D eigenvalue weighted by Crippen LogP contribution is 2.21. The Labute approximate surface area is 110 Å². The van der Waals surface area contributed by atoms with Crippen LogP contribution < -0.4 is 0 Å². The van der Waals surface area contributed by atoms with Crippen LogP contribution in [0, 0.1) is 11.8 Å². The predicted molar refractivity (Wildman–Crippen MR) is 71.6 cm³/mol. The van der Waals surface area contributed by atoms with Gasteiger partial charge in [-0.2, -0.15) is 0 Å². The van der Waals surface area contributed by atoms with Crippen LogP contribution in [0.25, 0.3) is 0 Å². The van der Waals surface area contributed by atoms with Gasteiger partial charge in [-0.25, -0.2) is 4.79 Å². The van der Waals surface area contributed by atoms with Crippen molar-refractivity contribution in [3.05, 3.63) is 0 Å². The number of hydrogen-bond donors (Lipinski definition) is 1. The molecule has 0 saturated carbocycles. The minimum Gasteiger partial charge on any atom is -0.479 e. The van der Waals surface area contributed by atoms with Gasteiger partial charge in [0.1, 0.15) is 0 Å². The number of aliphatic carboxylic acids is 1. The van der Waals surface area contributed by atoms with Gasteiger partial charge in [0.2, 0.25) is 0 Å². The summed E-state index contributed by atoms with van der Waals surface area (Å²) in [7, 11) is 0. The van der Waals surface area contributed by atoms with Crippen molar-refractivity contribution in [3.8, 4) is 0 Å². The number of carboxylic acids is 1. The number of carboxylic acid groups (broad SMARTS) is 1. The lowest BCUT2D eigenvalue weighted by Crippen LogP contribution is -2.50. The SMILES string of the molecule is CC(C)CC(CC(C)C)N1CCOC(C(=O)O)C1. The normalized spacial score (nSPS) is 22.1. The monoisotopic (exact) mass is 257 g/mol. The van der Waals surface area contributed by atoms with Crippen LogP contribution in [-0.4, -0.2) is 47.8 Å². The fraction of sp³-hybridized carbons (Fsp3) is 0.929. The van der Waals surface area contributed by atoms with E-state index in [2.05, 4.69) is 32.6 Å². The highest BCUT2D eigenvalue weighted by atomic mass is 16.5. The van der Waals surface area contributed by atoms with Crippen LogP contribution in [0.3, 0.4) is 0 Å². The van der Waals surface area contributed by atoms with Crippen molar-refractivity contribution >= 4 is 5.97 Å². The molecular formula is C14H27NO3. The molecular weight excluding hydrogens is 230 g/mol. The third kappa shape index (κ3) is 4.94. The zero-order valence-electron chi connectivity index (χ0n) is 12.1. The molecule has 1 fully saturated rings. The zero-order valence-corrected chi connectivity index (χ0v) is 12.1. The molecule has 1 rings (SSSR count). The molecule has 1 N–H and O–H groups in total. The van der Waals surface area contributed by atoms with Gasteiger partial charge in [0.15, 0.2) is 6.10 Å². The van der Waals surface area contributed by atoms with E-state index < -0.39 is 12.1 Å². The van der Waals surface area contributed by atoms with Gasteiger partial charge < -0.3 is 9.84 Å². The molecule has 0 aromatic heterocycles. The first kappa shape index (κ1) is 15.4. The molecule has 1 saturated heterocycles. The molecule has 4 nitrogen and oxygen atoms in total. The van der Waals surface area contributed by atoms with E-state index in [-0.39, 0.29) is 0 Å². The van der Waals surface area contributed by atoms with E-state index in [1.807, 2.05) is 0 Å². The Morgan fingerprint density at radius 3 is 2.28 bits per heavy atom. The lowest BCUT2D eigenvalue weighted by atomic mass is 9.93. The molecule has 0 radical (unpaired) electrons. The highest BCUT2D eigenvalue weighted by molar-refractivity contribution is 5.72. The summed E-state index contributed by atoms with van der Waals surface area (Å²) in [5.74, 6) is 0.437. The second-order valence-corrected chi connectivity index (χ2v) is 6.11. The summed E-state index contributed by atoms with van der Waals surface area (Å²) in [4.78, 5) is 13.3. The molecule has 1 aliphatic rings. The predicted octanol–water partition coefficient (Wildman–Crippen LogP) is 2.23. The second-order valence-electron chi connectivity index (χ2n) is 6.11. The van der Waals surface area contributed by atoms with Crippen molar-refractivity contribution in [2.24, 2.45) is 11.8 Å². The number of rotatable bonds is 6. The summed E-state index contributed by atoms with van der Waals surface area (Å²) in [5, 5.41) is 9.05. The van der Waals surface area contributed by atoms with E-state index in [1.54, 1.807) is 0 Å². The molecule has 0 aromatic rings. The molecule has 1 unspecified atom stereocenters. The molecule has 1 aliphatic heterocycles. The first-order valence-corrected chi connectivity index (χ1v) is 6.98. The van der Waals surface area contributed by atoms with Crippen LogP contribution in [0.1, 0.15) is 40.5 Å². The smallest absolute Gasteiger partial charge is 0.334 e. The molecule has 0 aromatic carbocycles. The maximum Gasteiger partial charge on any atom is 0.334 e. The van der Waals surface area contributed by atoms with Gasteiger partial charge in [-0.3, -0.25) is 4.90 Å². The van der Waals surface area contributed by atoms with Crippen LogP contribution >= 0.6 is 0 Å². The Morgan fingerprint density at radius 2 is 1.83 bits per heavy atom. The lowest BCUT2D eigenvalue weighted by molar-refractivity contribution is -0.157. The van der Waals surface area contributed by atoms with E-state index >= 15 is 0 Å². The largest absolute Gasteiger partial charge is 0.479 e. The highest BCUT2D eigenvalue weighted by Gasteiger charge is 2.30. The summed E-state index contributed by atoms with van der Waals surface area (Å²) >= 11 is 0. The lowest BCUT2D eigenvalue weighted by Gasteiger charge is -2.38. The molecule has 4 heteroatoms. The summed E-state index contributed by atoms with van der Waals surface area (Å²) < 4.78 is 5.29. The van der Waals surface area contributed by atoms with Crippen LogP contribution in [0.5, 0.6) is 0 Å². The third-order valence-corrected chi connectivity index (χ3v) is 3.38. The average Bonchev–Trinajstić information content (AvgIpc) is 2.27. The standard InChI is InChI=1S/C14H27NO3/c1-10(2)7-12(8-11(3)4)15-5-6-18-13(9-15)14(16)17/h10-13H,5-9H2,1-4H3,(H,16,17). The number of nitrogens with zero attached hydrogens (tertiary/aromatic N) is 1. The number of hydrogen-bond acceptors (Lipinski definition) is 3. The fourth-order valence-corrected chi connectivity index (χ4v) is 2.63. The number of ether oxygens (including phenoxy) is 1. The molecule has 106 valence electrons. The van der Waals surface area contributed by atoms with Crippen molar-refractivity contribution in [3.63, 3.8) is 0 Å². The summed E-state index contributed by atoms with van der Waals surface area (Å²) in [6.07, 6.45) is 1.61. The van der Waals surface area contributed by atoms with Gasteiger partial charge in [-0.05, 0) is 24.7 Å². The van der Waals surface area contributed by atoms with Crippen LogP contribution in [0.4, 0.5) is 0 Å². The zero-order chi connectivity index (χ0) is 13.7. The van der Waals surface area contributed by atoms with Crippen molar-refractivity contribution in [2.45, 2.75) is 52.7 Å². The number of morpholine rings is 1. The minimum atomic E-state index is -0.840. The molecule has 1 heterocycles. The number of carbonyl (C=O) groups is 1. The maximum absolute atomic E-state index is 11.0. The van der Waals surface area contributed by atoms with E-state index in [0.717, 1.165) is 19.4 Å². The Balaban J connectivity index is 2.62. The van der Waals surface area contributed by atoms with Crippen LogP contribution in [-0.2, 0) is 9.53 Å². The molecule has 0 bridgehead atoms. The summed E-state index contributed by atoms with van der Waals surface area (Å²) in [6, 6.07) is 0.482. The quantitative estimate of drug-likeness (QED) is 0.793.